The molecule has 3 rings (SSSR count). The molecule has 0 radical (unpaired) electrons. The van der Waals surface area contributed by atoms with Crippen molar-refractivity contribution in [3.63, 3.8) is 0 Å². The lowest BCUT2D eigenvalue weighted by atomic mass is 10.1. The third kappa shape index (κ3) is 4.03. The van der Waals surface area contributed by atoms with Crippen LogP contribution in [-0.2, 0) is 19.0 Å². The number of halogens is 5. The lowest BCUT2D eigenvalue weighted by Crippen LogP contribution is -2.36. The van der Waals surface area contributed by atoms with E-state index in [4.69, 9.17) is 0 Å². The van der Waals surface area contributed by atoms with Gasteiger partial charge < -0.3 is 9.88 Å². The molecule has 0 spiro atoms. The first-order chi connectivity index (χ1) is 12.6. The number of hydrogen-bond acceptors (Lipinski definition) is 4. The molecule has 0 saturated carbocycles. The van der Waals surface area contributed by atoms with Gasteiger partial charge in [0.2, 0.25) is 0 Å². The second-order valence-electron chi connectivity index (χ2n) is 6.22. The summed E-state index contributed by atoms with van der Waals surface area (Å²) < 4.78 is 67.3. The van der Waals surface area contributed by atoms with Gasteiger partial charge in [0.05, 0.1) is 28.5 Å². The summed E-state index contributed by atoms with van der Waals surface area (Å²) >= 11 is 0.623. The molecule has 0 fully saturated rings. The first-order valence-electron chi connectivity index (χ1n) is 7.76. The van der Waals surface area contributed by atoms with E-state index < -0.39 is 42.7 Å². The van der Waals surface area contributed by atoms with Crippen LogP contribution < -0.4 is 10.9 Å². The Morgan fingerprint density at radius 3 is 2.74 bits per heavy atom. The van der Waals surface area contributed by atoms with Gasteiger partial charge in [-0.3, -0.25) is 14.5 Å². The lowest BCUT2D eigenvalue weighted by Gasteiger charge is -2.29. The topological polar surface area (TPSA) is 54.3 Å². The highest BCUT2D eigenvalue weighted by Gasteiger charge is 2.41. The van der Waals surface area contributed by atoms with Crippen molar-refractivity contribution in [3.8, 4) is 0 Å². The van der Waals surface area contributed by atoms with Crippen LogP contribution in [0, 0.1) is 5.82 Å². The summed E-state index contributed by atoms with van der Waals surface area (Å²) in [6.45, 7) is -1.25. The van der Waals surface area contributed by atoms with Crippen LogP contribution in [0.1, 0.15) is 20.1 Å². The van der Waals surface area contributed by atoms with Crippen LogP contribution in [0.3, 0.4) is 0 Å². The highest BCUT2D eigenvalue weighted by molar-refractivity contribution is 7.14. The van der Waals surface area contributed by atoms with Crippen molar-refractivity contribution in [1.29, 1.82) is 0 Å². The molecule has 1 aliphatic rings. The van der Waals surface area contributed by atoms with E-state index in [1.165, 1.54) is 18.0 Å². The summed E-state index contributed by atoms with van der Waals surface area (Å²) in [5, 5.41) is 2.26. The first kappa shape index (κ1) is 19.5. The number of rotatable bonds is 4. The fourth-order valence-corrected chi connectivity index (χ4v) is 3.90. The Morgan fingerprint density at radius 2 is 2.07 bits per heavy atom. The Balaban J connectivity index is 1.87. The van der Waals surface area contributed by atoms with E-state index in [9.17, 15) is 31.5 Å². The molecular weight excluding hydrogens is 393 g/mol. The van der Waals surface area contributed by atoms with Crippen LogP contribution in [0.5, 0.6) is 0 Å². The Labute approximate surface area is 154 Å². The van der Waals surface area contributed by atoms with E-state index in [-0.39, 0.29) is 22.0 Å². The van der Waals surface area contributed by atoms with Gasteiger partial charge >= 0.3 is 0 Å². The van der Waals surface area contributed by atoms with Crippen LogP contribution in [-0.4, -0.2) is 35.4 Å². The quantitative estimate of drug-likeness (QED) is 0.793. The summed E-state index contributed by atoms with van der Waals surface area (Å²) in [5.41, 5.74) is -1.16. The molecule has 1 aliphatic heterocycles. The third-order valence-corrected chi connectivity index (χ3v) is 5.20. The molecule has 2 aromatic heterocycles. The molecule has 146 valence electrons. The predicted octanol–water partition coefficient (Wildman–Crippen LogP) is 3.10. The van der Waals surface area contributed by atoms with Crippen LogP contribution in [0.15, 0.2) is 23.1 Å². The molecule has 0 atom stereocenters. The summed E-state index contributed by atoms with van der Waals surface area (Å²) in [4.78, 5) is 25.0. The molecule has 1 amide bonds. The minimum Gasteiger partial charge on any atom is -0.320 e. The molecule has 2 aromatic rings. The van der Waals surface area contributed by atoms with Crippen LogP contribution >= 0.6 is 11.3 Å². The number of carbonyl (C=O) groups excluding carboxylic acids is 1. The zero-order valence-electron chi connectivity index (χ0n) is 13.9. The van der Waals surface area contributed by atoms with E-state index in [1.54, 1.807) is 0 Å². The second kappa shape index (κ2) is 7.04. The van der Waals surface area contributed by atoms with E-state index in [0.717, 1.165) is 6.20 Å². The maximum Gasteiger partial charge on any atom is 0.294 e. The zero-order chi connectivity index (χ0) is 19.9. The van der Waals surface area contributed by atoms with Gasteiger partial charge in [-0.25, -0.2) is 13.2 Å². The lowest BCUT2D eigenvalue weighted by molar-refractivity contribution is -0.0416. The van der Waals surface area contributed by atoms with Crippen LogP contribution in [0.2, 0.25) is 0 Å². The number of pyridine rings is 1. The van der Waals surface area contributed by atoms with E-state index >= 15 is 0 Å². The number of nitrogens with zero attached hydrogens (tertiary/aromatic N) is 2. The zero-order valence-corrected chi connectivity index (χ0v) is 14.8. The molecule has 0 saturated heterocycles. The van der Waals surface area contributed by atoms with Crippen molar-refractivity contribution in [2.75, 3.05) is 18.9 Å². The molecule has 0 aromatic carbocycles. The predicted molar refractivity (Wildman–Crippen MR) is 89.2 cm³/mol. The van der Waals surface area contributed by atoms with Crippen molar-refractivity contribution in [1.82, 2.24) is 9.47 Å². The van der Waals surface area contributed by atoms with E-state index in [2.05, 4.69) is 5.32 Å². The molecule has 11 heteroatoms. The van der Waals surface area contributed by atoms with Crippen LogP contribution in [0.4, 0.5) is 27.6 Å². The Kier molecular flexibility index (Phi) is 5.08. The average molecular weight is 407 g/mol. The van der Waals surface area contributed by atoms with Crippen molar-refractivity contribution in [2.45, 2.75) is 25.4 Å². The number of hydrogen-bond donors (Lipinski definition) is 1. The summed E-state index contributed by atoms with van der Waals surface area (Å²) in [6.07, 6.45) is -2.01. The Hall–Kier alpha value is -2.27. The SMILES string of the molecule is CN1Cc2cc(C(=O)Nc3cc(F)c(=O)n(CC(F)F)c3)sc2C(F)(F)C1. The van der Waals surface area contributed by atoms with Crippen molar-refractivity contribution in [2.24, 2.45) is 0 Å². The third-order valence-electron chi connectivity index (χ3n) is 3.91. The summed E-state index contributed by atoms with van der Waals surface area (Å²) in [7, 11) is 1.53. The maximum atomic E-state index is 14.1. The van der Waals surface area contributed by atoms with Crippen molar-refractivity contribution >= 4 is 22.9 Å². The molecule has 27 heavy (non-hydrogen) atoms. The van der Waals surface area contributed by atoms with Gasteiger partial charge in [-0.15, -0.1) is 11.3 Å². The van der Waals surface area contributed by atoms with Crippen molar-refractivity contribution in [3.05, 3.63) is 49.8 Å². The summed E-state index contributed by atoms with van der Waals surface area (Å²) in [6, 6.07) is 2.02. The van der Waals surface area contributed by atoms with E-state index in [0.29, 0.717) is 27.5 Å². The maximum absolute atomic E-state index is 14.1. The smallest absolute Gasteiger partial charge is 0.294 e. The molecule has 0 aliphatic carbocycles. The number of nitrogens with one attached hydrogen (secondary N) is 1. The fraction of sp³-hybridized carbons (Fsp3) is 0.375. The number of anilines is 1. The van der Waals surface area contributed by atoms with Gasteiger partial charge in [0.25, 0.3) is 23.8 Å². The van der Waals surface area contributed by atoms with Gasteiger partial charge in [0.15, 0.2) is 5.82 Å². The van der Waals surface area contributed by atoms with Gasteiger partial charge in [-0.1, -0.05) is 0 Å². The molecule has 0 unspecified atom stereocenters. The number of alkyl halides is 4. The number of aromatic nitrogens is 1. The van der Waals surface area contributed by atoms with Gasteiger partial charge in [0.1, 0.15) is 0 Å². The largest absolute Gasteiger partial charge is 0.320 e. The highest BCUT2D eigenvalue weighted by atomic mass is 32.1. The number of likely N-dealkylation sites (N-methyl/N-ethyl adjacent to an activating group) is 1. The minimum atomic E-state index is -3.10. The molecular formula is C16H14F5N3O2S. The fourth-order valence-electron chi connectivity index (χ4n) is 2.87. The van der Waals surface area contributed by atoms with E-state index in [1.807, 2.05) is 0 Å². The van der Waals surface area contributed by atoms with Gasteiger partial charge in [-0.2, -0.15) is 8.78 Å². The normalized spacial score (nSPS) is 16.4. The molecule has 5 nitrogen and oxygen atoms in total. The number of amides is 1. The van der Waals surface area contributed by atoms with Gasteiger partial charge in [-0.05, 0) is 18.7 Å². The Bertz CT molecular complexity index is 941. The van der Waals surface area contributed by atoms with Gasteiger partial charge in [0, 0.05) is 18.8 Å². The van der Waals surface area contributed by atoms with Crippen LogP contribution in [0.25, 0.3) is 0 Å². The number of thiophene rings is 1. The average Bonchev–Trinajstić information content (AvgIpc) is 2.96. The minimum absolute atomic E-state index is 0.0259. The first-order valence-corrected chi connectivity index (χ1v) is 8.57. The summed E-state index contributed by atoms with van der Waals surface area (Å²) in [5.74, 6) is -5.20. The molecule has 1 N–H and O–H groups in total. The monoisotopic (exact) mass is 407 g/mol. The highest BCUT2D eigenvalue weighted by Crippen LogP contribution is 2.41. The number of fused-ring (bicyclic) bond motifs is 1. The Morgan fingerprint density at radius 1 is 1.37 bits per heavy atom. The molecule has 3 heterocycles. The molecule has 0 bridgehead atoms. The second-order valence-corrected chi connectivity index (χ2v) is 7.27. The van der Waals surface area contributed by atoms with Crippen molar-refractivity contribution < 1.29 is 26.7 Å². The number of carbonyl (C=O) groups is 1. The standard InChI is InChI=1S/C16H14F5N3O2S/c1-23-4-8-2-11(27-13(8)16(20,21)7-23)14(25)22-9-3-10(17)15(26)24(5-9)6-12(18)19/h2-3,5,12H,4,6-7H2,1H3,(H,22,25).